The van der Waals surface area contributed by atoms with Gasteiger partial charge in [-0.2, -0.15) is 0 Å². The summed E-state index contributed by atoms with van der Waals surface area (Å²) >= 11 is 0. The molecule has 1 aromatic heterocycles. The van der Waals surface area contributed by atoms with Crippen molar-refractivity contribution in [3.63, 3.8) is 0 Å². The van der Waals surface area contributed by atoms with Crippen LogP contribution in [0.25, 0.3) is 10.8 Å². The van der Waals surface area contributed by atoms with Gasteiger partial charge in [0.1, 0.15) is 0 Å². The number of fused-ring (bicyclic) bond motifs is 1. The van der Waals surface area contributed by atoms with Crippen LogP contribution in [0.4, 0.5) is 8.78 Å². The molecule has 130 valence electrons. The highest BCUT2D eigenvalue weighted by Crippen LogP contribution is 2.40. The third-order valence-corrected chi connectivity index (χ3v) is 5.88. The number of aromatic nitrogens is 1. The zero-order valence-electron chi connectivity index (χ0n) is 12.9. The molecule has 8 heteroatoms. The lowest BCUT2D eigenvalue weighted by Gasteiger charge is -2.19. The maximum absolute atomic E-state index is 13.6. The van der Waals surface area contributed by atoms with Gasteiger partial charge in [-0.15, -0.1) is 0 Å². The first-order valence-corrected chi connectivity index (χ1v) is 9.38. The molecule has 1 aliphatic carbocycles. The SMILES string of the molecule is O=c1[nH]cc(CNS(=O)(=O)CC2CCCC2(F)F)c2ccccc12. The second kappa shape index (κ2) is 6.25. The lowest BCUT2D eigenvalue weighted by molar-refractivity contribution is -0.0288. The second-order valence-electron chi connectivity index (χ2n) is 6.14. The third kappa shape index (κ3) is 3.49. The number of aromatic amines is 1. The summed E-state index contributed by atoms with van der Waals surface area (Å²) in [4.78, 5) is 14.3. The maximum atomic E-state index is 13.6. The molecule has 3 rings (SSSR count). The van der Waals surface area contributed by atoms with Gasteiger partial charge in [0, 0.05) is 30.5 Å². The zero-order valence-corrected chi connectivity index (χ0v) is 13.7. The number of hydrogen-bond acceptors (Lipinski definition) is 3. The number of rotatable bonds is 5. The van der Waals surface area contributed by atoms with Gasteiger partial charge in [0.15, 0.2) is 0 Å². The minimum atomic E-state index is -3.84. The highest BCUT2D eigenvalue weighted by Gasteiger charge is 2.45. The molecule has 1 saturated carbocycles. The fourth-order valence-electron chi connectivity index (χ4n) is 3.13. The van der Waals surface area contributed by atoms with Crippen molar-refractivity contribution >= 4 is 20.8 Å². The molecule has 0 aliphatic heterocycles. The van der Waals surface area contributed by atoms with E-state index in [-0.39, 0.29) is 24.9 Å². The van der Waals surface area contributed by atoms with Gasteiger partial charge in [-0.3, -0.25) is 4.79 Å². The Kier molecular flexibility index (Phi) is 4.44. The minimum absolute atomic E-state index is 0.0576. The Morgan fingerprint density at radius 2 is 1.96 bits per heavy atom. The van der Waals surface area contributed by atoms with Gasteiger partial charge in [0.25, 0.3) is 11.5 Å². The summed E-state index contributed by atoms with van der Waals surface area (Å²) in [7, 11) is -3.84. The number of alkyl halides is 2. The van der Waals surface area contributed by atoms with Gasteiger partial charge >= 0.3 is 0 Å². The molecule has 1 heterocycles. The van der Waals surface area contributed by atoms with Crippen molar-refractivity contribution in [2.75, 3.05) is 5.75 Å². The number of nitrogens with one attached hydrogen (secondary N) is 2. The molecule has 1 unspecified atom stereocenters. The summed E-state index contributed by atoms with van der Waals surface area (Å²) in [5.41, 5.74) is 0.328. The number of halogens is 2. The molecule has 0 bridgehead atoms. The Labute approximate surface area is 138 Å². The van der Waals surface area contributed by atoms with E-state index in [2.05, 4.69) is 9.71 Å². The molecule has 1 fully saturated rings. The maximum Gasteiger partial charge on any atom is 0.255 e. The van der Waals surface area contributed by atoms with Crippen LogP contribution in [0.5, 0.6) is 0 Å². The van der Waals surface area contributed by atoms with Gasteiger partial charge in [-0.1, -0.05) is 18.2 Å². The van der Waals surface area contributed by atoms with Crippen LogP contribution in [0, 0.1) is 5.92 Å². The fourth-order valence-corrected chi connectivity index (χ4v) is 4.57. The van der Waals surface area contributed by atoms with E-state index in [4.69, 9.17) is 0 Å². The molecular weight excluding hydrogens is 338 g/mol. The van der Waals surface area contributed by atoms with Crippen LogP contribution < -0.4 is 10.3 Å². The Hall–Kier alpha value is -1.80. The van der Waals surface area contributed by atoms with E-state index in [0.29, 0.717) is 22.8 Å². The van der Waals surface area contributed by atoms with Crippen LogP contribution in [-0.2, 0) is 16.6 Å². The standard InChI is InChI=1S/C16H18F2N2O3S/c17-16(18)7-3-4-12(16)10-24(22,23)20-9-11-8-19-15(21)14-6-2-1-5-13(11)14/h1-2,5-6,8,12,20H,3-4,7,9-10H2,(H,19,21). The Bertz CT molecular complexity index is 909. The van der Waals surface area contributed by atoms with Crippen LogP contribution in [0.2, 0.25) is 0 Å². The van der Waals surface area contributed by atoms with E-state index in [1.165, 1.54) is 6.20 Å². The highest BCUT2D eigenvalue weighted by atomic mass is 32.2. The van der Waals surface area contributed by atoms with Crippen molar-refractivity contribution in [1.82, 2.24) is 9.71 Å². The van der Waals surface area contributed by atoms with Crippen molar-refractivity contribution in [2.24, 2.45) is 5.92 Å². The number of pyridine rings is 1. The quantitative estimate of drug-likeness (QED) is 0.863. The Morgan fingerprint density at radius 1 is 1.25 bits per heavy atom. The van der Waals surface area contributed by atoms with Crippen molar-refractivity contribution in [3.05, 3.63) is 46.4 Å². The van der Waals surface area contributed by atoms with Crippen LogP contribution in [0.15, 0.2) is 35.3 Å². The Morgan fingerprint density at radius 3 is 2.62 bits per heavy atom. The summed E-state index contributed by atoms with van der Waals surface area (Å²) in [6.07, 6.45) is 1.75. The van der Waals surface area contributed by atoms with E-state index in [9.17, 15) is 22.0 Å². The predicted octanol–water partition coefficient (Wildman–Crippen LogP) is 2.38. The van der Waals surface area contributed by atoms with E-state index in [1.807, 2.05) is 0 Å². The second-order valence-corrected chi connectivity index (χ2v) is 7.99. The first-order chi connectivity index (χ1) is 11.3. The number of H-pyrrole nitrogens is 1. The van der Waals surface area contributed by atoms with Crippen molar-refractivity contribution in [2.45, 2.75) is 31.7 Å². The molecule has 2 N–H and O–H groups in total. The van der Waals surface area contributed by atoms with Crippen molar-refractivity contribution in [1.29, 1.82) is 0 Å². The molecule has 2 aromatic rings. The summed E-state index contributed by atoms with van der Waals surface area (Å²) in [5, 5.41) is 1.09. The lowest BCUT2D eigenvalue weighted by atomic mass is 10.1. The summed E-state index contributed by atoms with van der Waals surface area (Å²) < 4.78 is 53.9. The molecule has 1 atom stereocenters. The first-order valence-electron chi connectivity index (χ1n) is 7.73. The molecule has 1 aromatic carbocycles. The van der Waals surface area contributed by atoms with E-state index >= 15 is 0 Å². The topological polar surface area (TPSA) is 79.0 Å². The average molecular weight is 356 g/mol. The predicted molar refractivity (Wildman–Crippen MR) is 87.5 cm³/mol. The van der Waals surface area contributed by atoms with Crippen LogP contribution in [0.1, 0.15) is 24.8 Å². The van der Waals surface area contributed by atoms with E-state index in [1.54, 1.807) is 24.3 Å². The van der Waals surface area contributed by atoms with E-state index < -0.39 is 27.6 Å². The zero-order chi connectivity index (χ0) is 17.4. The molecule has 24 heavy (non-hydrogen) atoms. The highest BCUT2D eigenvalue weighted by molar-refractivity contribution is 7.89. The molecule has 0 radical (unpaired) electrons. The molecule has 5 nitrogen and oxygen atoms in total. The van der Waals surface area contributed by atoms with Gasteiger partial charge in [-0.25, -0.2) is 21.9 Å². The van der Waals surface area contributed by atoms with Gasteiger partial charge < -0.3 is 4.98 Å². The van der Waals surface area contributed by atoms with Crippen molar-refractivity contribution in [3.8, 4) is 0 Å². The number of hydrogen-bond donors (Lipinski definition) is 2. The van der Waals surface area contributed by atoms with Gasteiger partial charge in [0.05, 0.1) is 5.75 Å². The van der Waals surface area contributed by atoms with Crippen LogP contribution >= 0.6 is 0 Å². The van der Waals surface area contributed by atoms with Crippen LogP contribution in [0.3, 0.4) is 0 Å². The smallest absolute Gasteiger partial charge is 0.255 e. The Balaban J connectivity index is 1.76. The summed E-state index contributed by atoms with van der Waals surface area (Å²) in [5.74, 6) is -4.64. The summed E-state index contributed by atoms with van der Waals surface area (Å²) in [6.45, 7) is -0.0576. The van der Waals surface area contributed by atoms with E-state index in [0.717, 1.165) is 0 Å². The first kappa shape index (κ1) is 17.0. The molecule has 1 aliphatic rings. The molecule has 0 amide bonds. The monoisotopic (exact) mass is 356 g/mol. The van der Waals surface area contributed by atoms with Crippen LogP contribution in [-0.4, -0.2) is 25.1 Å². The van der Waals surface area contributed by atoms with Gasteiger partial charge in [-0.05, 0) is 29.9 Å². The lowest BCUT2D eigenvalue weighted by Crippen LogP contribution is -2.35. The number of benzene rings is 1. The fraction of sp³-hybridized carbons (Fsp3) is 0.438. The normalized spacial score (nSPS) is 20.5. The largest absolute Gasteiger partial charge is 0.328 e. The third-order valence-electron chi connectivity index (χ3n) is 4.46. The minimum Gasteiger partial charge on any atom is -0.328 e. The summed E-state index contributed by atoms with van der Waals surface area (Å²) in [6, 6.07) is 6.83. The molecular formula is C16H18F2N2O3S. The van der Waals surface area contributed by atoms with Crippen molar-refractivity contribution < 1.29 is 17.2 Å². The van der Waals surface area contributed by atoms with Gasteiger partial charge in [0.2, 0.25) is 10.0 Å². The average Bonchev–Trinajstić information content (AvgIpc) is 2.85. The number of sulfonamides is 1. The molecule has 0 spiro atoms. The molecule has 0 saturated heterocycles.